The van der Waals surface area contributed by atoms with Gasteiger partial charge in [0.15, 0.2) is 0 Å². The van der Waals surface area contributed by atoms with Crippen molar-refractivity contribution in [2.75, 3.05) is 7.11 Å². The third-order valence-electron chi connectivity index (χ3n) is 1.02. The Morgan fingerprint density at radius 1 is 1.70 bits per heavy atom. The Morgan fingerprint density at radius 3 is 2.50 bits per heavy atom. The number of esters is 1. The molecule has 10 heavy (non-hydrogen) atoms. The van der Waals surface area contributed by atoms with Gasteiger partial charge in [-0.15, -0.1) is 0 Å². The van der Waals surface area contributed by atoms with Crippen molar-refractivity contribution in [1.82, 2.24) is 0 Å². The molecule has 0 rings (SSSR count). The molecule has 0 aliphatic carbocycles. The van der Waals surface area contributed by atoms with Crippen molar-refractivity contribution in [3.8, 4) is 0 Å². The monoisotopic (exact) mass is 143 g/mol. The predicted octanol–water partition coefficient (Wildman–Crippen LogP) is 0.453. The first kappa shape index (κ1) is 9.17. The van der Waals surface area contributed by atoms with E-state index >= 15 is 0 Å². The van der Waals surface area contributed by atoms with E-state index in [9.17, 15) is 4.79 Å². The molecule has 0 aromatic heterocycles. The number of carbonyl (C=O) groups excluding carboxylic acids is 1. The first-order valence-corrected chi connectivity index (χ1v) is 3.10. The van der Waals surface area contributed by atoms with Gasteiger partial charge in [0, 0.05) is 11.6 Å². The van der Waals surface area contributed by atoms with Gasteiger partial charge in [-0.1, -0.05) is 6.08 Å². The van der Waals surface area contributed by atoms with Gasteiger partial charge in [0.25, 0.3) is 0 Å². The van der Waals surface area contributed by atoms with Gasteiger partial charge in [-0.25, -0.2) is 4.79 Å². The Kier molecular flexibility index (Phi) is 3.72. The first-order valence-electron chi connectivity index (χ1n) is 3.10. The van der Waals surface area contributed by atoms with Gasteiger partial charge in [0.1, 0.15) is 0 Å². The van der Waals surface area contributed by atoms with Crippen LogP contribution in [0.15, 0.2) is 11.6 Å². The zero-order valence-electron chi connectivity index (χ0n) is 6.55. The van der Waals surface area contributed by atoms with E-state index in [4.69, 9.17) is 5.73 Å². The Morgan fingerprint density at radius 2 is 2.20 bits per heavy atom. The summed E-state index contributed by atoms with van der Waals surface area (Å²) in [6.07, 6.45) is 1.66. The summed E-state index contributed by atoms with van der Waals surface area (Å²) in [5.74, 6) is -0.322. The van der Waals surface area contributed by atoms with E-state index in [0.717, 1.165) is 0 Å². The lowest BCUT2D eigenvalue weighted by molar-refractivity contribution is -0.136. The Labute approximate surface area is 60.9 Å². The molecule has 2 N–H and O–H groups in total. The van der Waals surface area contributed by atoms with Crippen LogP contribution in [-0.2, 0) is 9.53 Å². The van der Waals surface area contributed by atoms with E-state index in [1.165, 1.54) is 7.11 Å². The SMILES string of the molecule is COC(=O)C(C)=CC(C)N. The minimum Gasteiger partial charge on any atom is -0.466 e. The van der Waals surface area contributed by atoms with Crippen molar-refractivity contribution in [1.29, 1.82) is 0 Å². The van der Waals surface area contributed by atoms with Crippen molar-refractivity contribution >= 4 is 5.97 Å². The van der Waals surface area contributed by atoms with Crippen molar-refractivity contribution in [2.45, 2.75) is 19.9 Å². The molecule has 0 bridgehead atoms. The van der Waals surface area contributed by atoms with Gasteiger partial charge >= 0.3 is 5.97 Å². The zero-order chi connectivity index (χ0) is 8.15. The number of hydrogen-bond donors (Lipinski definition) is 1. The van der Waals surface area contributed by atoms with Gasteiger partial charge < -0.3 is 10.5 Å². The van der Waals surface area contributed by atoms with Crippen LogP contribution in [0.25, 0.3) is 0 Å². The van der Waals surface area contributed by atoms with Gasteiger partial charge in [-0.2, -0.15) is 0 Å². The molecule has 0 fully saturated rings. The Bertz CT molecular complexity index is 150. The van der Waals surface area contributed by atoms with Crippen LogP contribution in [0.1, 0.15) is 13.8 Å². The minimum absolute atomic E-state index is 0.0981. The minimum atomic E-state index is -0.322. The number of carbonyl (C=O) groups is 1. The highest BCUT2D eigenvalue weighted by Crippen LogP contribution is 1.95. The van der Waals surface area contributed by atoms with Gasteiger partial charge in [0.05, 0.1) is 7.11 Å². The van der Waals surface area contributed by atoms with Crippen LogP contribution in [0.4, 0.5) is 0 Å². The molecule has 58 valence electrons. The summed E-state index contributed by atoms with van der Waals surface area (Å²) in [7, 11) is 1.35. The molecular weight excluding hydrogens is 130 g/mol. The maximum atomic E-state index is 10.7. The fourth-order valence-electron chi connectivity index (χ4n) is 0.623. The molecule has 0 aromatic rings. The summed E-state index contributed by atoms with van der Waals surface area (Å²) in [5, 5.41) is 0. The molecule has 0 amide bonds. The average molecular weight is 143 g/mol. The van der Waals surface area contributed by atoms with Crippen LogP contribution in [0, 0.1) is 0 Å². The summed E-state index contributed by atoms with van der Waals surface area (Å²) in [4.78, 5) is 10.7. The molecule has 3 nitrogen and oxygen atoms in total. The van der Waals surface area contributed by atoms with Gasteiger partial charge in [-0.05, 0) is 13.8 Å². The maximum Gasteiger partial charge on any atom is 0.333 e. The summed E-state index contributed by atoms with van der Waals surface area (Å²) < 4.78 is 4.45. The summed E-state index contributed by atoms with van der Waals surface area (Å²) in [5.41, 5.74) is 5.95. The second kappa shape index (κ2) is 4.06. The van der Waals surface area contributed by atoms with Crippen LogP contribution in [0.2, 0.25) is 0 Å². The molecule has 0 saturated heterocycles. The van der Waals surface area contributed by atoms with Crippen LogP contribution in [0.3, 0.4) is 0 Å². The highest BCUT2D eigenvalue weighted by atomic mass is 16.5. The topological polar surface area (TPSA) is 52.3 Å². The van der Waals surface area contributed by atoms with E-state index in [-0.39, 0.29) is 12.0 Å². The first-order chi connectivity index (χ1) is 4.57. The molecule has 0 aliphatic rings. The standard InChI is InChI=1S/C7H13NO2/c1-5(4-6(2)8)7(9)10-3/h4,6H,8H2,1-3H3. The Hall–Kier alpha value is -0.830. The molecule has 0 aliphatic heterocycles. The number of hydrogen-bond acceptors (Lipinski definition) is 3. The molecular formula is C7H13NO2. The number of methoxy groups -OCH3 is 1. The fraction of sp³-hybridized carbons (Fsp3) is 0.571. The second-order valence-corrected chi connectivity index (χ2v) is 2.20. The predicted molar refractivity (Wildman–Crippen MR) is 39.4 cm³/mol. The third-order valence-corrected chi connectivity index (χ3v) is 1.02. The third kappa shape index (κ3) is 3.25. The van der Waals surface area contributed by atoms with E-state index < -0.39 is 0 Å². The van der Waals surface area contributed by atoms with Gasteiger partial charge in [-0.3, -0.25) is 0 Å². The molecule has 0 spiro atoms. The molecule has 3 heteroatoms. The van der Waals surface area contributed by atoms with E-state index in [2.05, 4.69) is 4.74 Å². The lowest BCUT2D eigenvalue weighted by Crippen LogP contribution is -2.13. The number of nitrogens with two attached hydrogens (primary N) is 1. The van der Waals surface area contributed by atoms with Crippen LogP contribution in [0.5, 0.6) is 0 Å². The van der Waals surface area contributed by atoms with Crippen molar-refractivity contribution in [2.24, 2.45) is 5.73 Å². The molecule has 0 aromatic carbocycles. The zero-order valence-corrected chi connectivity index (χ0v) is 6.55. The normalized spacial score (nSPS) is 14.6. The smallest absolute Gasteiger partial charge is 0.333 e. The van der Waals surface area contributed by atoms with E-state index in [1.807, 2.05) is 0 Å². The molecule has 0 heterocycles. The number of rotatable bonds is 2. The number of ether oxygens (including phenoxy) is 1. The highest BCUT2D eigenvalue weighted by molar-refractivity contribution is 5.87. The Balaban J connectivity index is 4.05. The molecule has 1 atom stereocenters. The lowest BCUT2D eigenvalue weighted by Gasteiger charge is -1.99. The average Bonchev–Trinajstić information content (AvgIpc) is 1.85. The van der Waals surface area contributed by atoms with Crippen LogP contribution < -0.4 is 5.73 Å². The molecule has 0 radical (unpaired) electrons. The van der Waals surface area contributed by atoms with Crippen LogP contribution >= 0.6 is 0 Å². The second-order valence-electron chi connectivity index (χ2n) is 2.20. The van der Waals surface area contributed by atoms with Crippen molar-refractivity contribution in [3.05, 3.63) is 11.6 Å². The largest absolute Gasteiger partial charge is 0.466 e. The van der Waals surface area contributed by atoms with E-state index in [1.54, 1.807) is 19.9 Å². The lowest BCUT2D eigenvalue weighted by atomic mass is 10.2. The van der Waals surface area contributed by atoms with Crippen LogP contribution in [-0.4, -0.2) is 19.1 Å². The van der Waals surface area contributed by atoms with E-state index in [0.29, 0.717) is 5.57 Å². The summed E-state index contributed by atoms with van der Waals surface area (Å²) >= 11 is 0. The summed E-state index contributed by atoms with van der Waals surface area (Å²) in [6, 6.07) is -0.0981. The maximum absolute atomic E-state index is 10.7. The van der Waals surface area contributed by atoms with Crippen molar-refractivity contribution in [3.63, 3.8) is 0 Å². The van der Waals surface area contributed by atoms with Crippen molar-refractivity contribution < 1.29 is 9.53 Å². The highest BCUT2D eigenvalue weighted by Gasteiger charge is 2.02. The van der Waals surface area contributed by atoms with Gasteiger partial charge in [0.2, 0.25) is 0 Å². The fourth-order valence-corrected chi connectivity index (χ4v) is 0.623. The summed E-state index contributed by atoms with van der Waals surface area (Å²) in [6.45, 7) is 3.47. The quantitative estimate of drug-likeness (QED) is 0.451. The molecule has 1 unspecified atom stereocenters. The molecule has 0 saturated carbocycles.